The van der Waals surface area contributed by atoms with Gasteiger partial charge in [-0.1, -0.05) is 13.0 Å². The van der Waals surface area contributed by atoms with Crippen LogP contribution in [-0.2, 0) is 4.79 Å². The molecule has 4 heteroatoms. The van der Waals surface area contributed by atoms with Crippen molar-refractivity contribution < 1.29 is 9.90 Å². The fraction of sp³-hybridized carbons (Fsp3) is 0.727. The van der Waals surface area contributed by atoms with Crippen LogP contribution < -0.4 is 0 Å². The van der Waals surface area contributed by atoms with Crippen LogP contribution in [0.1, 0.15) is 19.8 Å². The van der Waals surface area contributed by atoms with Crippen molar-refractivity contribution in [2.75, 3.05) is 31.1 Å². The van der Waals surface area contributed by atoms with Gasteiger partial charge in [-0.2, -0.15) is 11.8 Å². The molecule has 86 valence electrons. The quantitative estimate of drug-likeness (QED) is 0.747. The summed E-state index contributed by atoms with van der Waals surface area (Å²) in [5, 5.41) is 8.87. The Kier molecular flexibility index (Phi) is 5.79. The Morgan fingerprint density at radius 3 is 2.93 bits per heavy atom. The van der Waals surface area contributed by atoms with Gasteiger partial charge >= 0.3 is 5.97 Å². The highest BCUT2D eigenvalue weighted by Gasteiger charge is 2.09. The van der Waals surface area contributed by atoms with Gasteiger partial charge in [-0.05, 0) is 25.1 Å². The second-order valence-electron chi connectivity index (χ2n) is 3.65. The molecule has 0 unspecified atom stereocenters. The number of carbonyl (C=O) groups is 1. The van der Waals surface area contributed by atoms with E-state index in [1.165, 1.54) is 17.9 Å². The van der Waals surface area contributed by atoms with E-state index in [-0.39, 0.29) is 0 Å². The van der Waals surface area contributed by atoms with Gasteiger partial charge in [0.2, 0.25) is 0 Å². The van der Waals surface area contributed by atoms with Crippen LogP contribution in [0.3, 0.4) is 0 Å². The Morgan fingerprint density at radius 1 is 1.47 bits per heavy atom. The lowest BCUT2D eigenvalue weighted by Gasteiger charge is -2.17. The average molecular weight is 229 g/mol. The molecule has 1 aliphatic rings. The largest absolute Gasteiger partial charge is 0.478 e. The summed E-state index contributed by atoms with van der Waals surface area (Å²) >= 11 is 1.99. The monoisotopic (exact) mass is 229 g/mol. The summed E-state index contributed by atoms with van der Waals surface area (Å²) in [6.07, 6.45) is 3.68. The highest BCUT2D eigenvalue weighted by Crippen LogP contribution is 2.10. The van der Waals surface area contributed by atoms with Gasteiger partial charge in [-0.15, -0.1) is 0 Å². The maximum Gasteiger partial charge on any atom is 0.331 e. The van der Waals surface area contributed by atoms with Gasteiger partial charge in [0.25, 0.3) is 0 Å². The molecule has 1 fully saturated rings. The van der Waals surface area contributed by atoms with Gasteiger partial charge in [-0.3, -0.25) is 4.90 Å². The first-order valence-electron chi connectivity index (χ1n) is 5.46. The van der Waals surface area contributed by atoms with Crippen LogP contribution in [0.2, 0.25) is 0 Å². The van der Waals surface area contributed by atoms with Crippen LogP contribution >= 0.6 is 11.8 Å². The molecular weight excluding hydrogens is 210 g/mol. The number of carboxylic acid groups (broad SMARTS) is 1. The van der Waals surface area contributed by atoms with E-state index in [2.05, 4.69) is 4.90 Å². The van der Waals surface area contributed by atoms with Crippen LogP contribution in [0, 0.1) is 0 Å². The molecule has 1 saturated heterocycles. The number of hydrogen-bond donors (Lipinski definition) is 1. The molecule has 15 heavy (non-hydrogen) atoms. The molecular formula is C11H19NO2S. The molecule has 0 aliphatic carbocycles. The summed E-state index contributed by atoms with van der Waals surface area (Å²) in [7, 11) is 0. The fourth-order valence-corrected chi connectivity index (χ4v) is 2.53. The van der Waals surface area contributed by atoms with Gasteiger partial charge < -0.3 is 5.11 Å². The minimum atomic E-state index is -0.776. The summed E-state index contributed by atoms with van der Waals surface area (Å²) in [6.45, 7) is 4.85. The molecule has 0 radical (unpaired) electrons. The average Bonchev–Trinajstić information content (AvgIpc) is 2.46. The van der Waals surface area contributed by atoms with E-state index in [1.54, 1.807) is 0 Å². The van der Waals surface area contributed by atoms with Crippen LogP contribution in [0.5, 0.6) is 0 Å². The van der Waals surface area contributed by atoms with Crippen molar-refractivity contribution in [3.05, 3.63) is 11.6 Å². The number of carboxylic acids is 1. The first-order valence-corrected chi connectivity index (χ1v) is 6.62. The molecule has 1 aliphatic heterocycles. The van der Waals surface area contributed by atoms with E-state index in [0.29, 0.717) is 12.0 Å². The third-order valence-electron chi connectivity index (χ3n) is 2.57. The number of hydrogen-bond acceptors (Lipinski definition) is 3. The first-order chi connectivity index (χ1) is 7.24. The van der Waals surface area contributed by atoms with Crippen molar-refractivity contribution in [1.82, 2.24) is 4.90 Å². The number of rotatable bonds is 4. The molecule has 3 nitrogen and oxygen atoms in total. The third-order valence-corrected chi connectivity index (χ3v) is 3.61. The van der Waals surface area contributed by atoms with E-state index in [4.69, 9.17) is 5.11 Å². The Morgan fingerprint density at radius 2 is 2.27 bits per heavy atom. The Hall–Kier alpha value is -0.480. The van der Waals surface area contributed by atoms with Crippen molar-refractivity contribution in [2.45, 2.75) is 19.8 Å². The van der Waals surface area contributed by atoms with Crippen LogP contribution in [0.25, 0.3) is 0 Å². The Bertz CT molecular complexity index is 233. The van der Waals surface area contributed by atoms with Gasteiger partial charge in [-0.25, -0.2) is 4.79 Å². The van der Waals surface area contributed by atoms with Crippen molar-refractivity contribution in [2.24, 2.45) is 0 Å². The van der Waals surface area contributed by atoms with Crippen LogP contribution in [-0.4, -0.2) is 47.1 Å². The molecule has 0 amide bonds. The second kappa shape index (κ2) is 6.90. The maximum atomic E-state index is 10.8. The van der Waals surface area contributed by atoms with E-state index in [1.807, 2.05) is 24.8 Å². The van der Waals surface area contributed by atoms with Crippen molar-refractivity contribution in [3.8, 4) is 0 Å². The van der Waals surface area contributed by atoms with Crippen molar-refractivity contribution >= 4 is 17.7 Å². The van der Waals surface area contributed by atoms with Crippen molar-refractivity contribution in [3.63, 3.8) is 0 Å². The second-order valence-corrected chi connectivity index (χ2v) is 4.88. The standard InChI is InChI=1S/C11H19NO2S/c1-2-10(11(13)14)4-6-12-5-3-8-15-9-7-12/h4H,2-3,5-9H2,1H3,(H,13,14). The summed E-state index contributed by atoms with van der Waals surface area (Å²) in [5.74, 6) is 1.63. The summed E-state index contributed by atoms with van der Waals surface area (Å²) < 4.78 is 0. The Balaban J connectivity index is 2.41. The van der Waals surface area contributed by atoms with E-state index in [0.717, 1.165) is 19.6 Å². The predicted octanol–water partition coefficient (Wildman–Crippen LogP) is 1.85. The lowest BCUT2D eigenvalue weighted by molar-refractivity contribution is -0.132. The number of aliphatic carboxylic acids is 1. The summed E-state index contributed by atoms with van der Waals surface area (Å²) in [4.78, 5) is 13.1. The van der Waals surface area contributed by atoms with Gasteiger partial charge in [0.15, 0.2) is 0 Å². The topological polar surface area (TPSA) is 40.5 Å². The highest BCUT2D eigenvalue weighted by atomic mass is 32.2. The molecule has 0 aromatic rings. The molecule has 0 atom stereocenters. The van der Waals surface area contributed by atoms with Gasteiger partial charge in [0.05, 0.1) is 0 Å². The third kappa shape index (κ3) is 4.71. The maximum absolute atomic E-state index is 10.8. The van der Waals surface area contributed by atoms with E-state index in [9.17, 15) is 4.79 Å². The predicted molar refractivity (Wildman–Crippen MR) is 64.4 cm³/mol. The minimum absolute atomic E-state index is 0.534. The van der Waals surface area contributed by atoms with Gasteiger partial charge in [0, 0.05) is 24.4 Å². The summed E-state index contributed by atoms with van der Waals surface area (Å²) in [6, 6.07) is 0. The van der Waals surface area contributed by atoms with Crippen LogP contribution in [0.15, 0.2) is 11.6 Å². The smallest absolute Gasteiger partial charge is 0.331 e. The SMILES string of the molecule is CCC(=CCN1CCCSCC1)C(=O)O. The van der Waals surface area contributed by atoms with E-state index >= 15 is 0 Å². The molecule has 0 aromatic heterocycles. The molecule has 0 bridgehead atoms. The zero-order valence-corrected chi connectivity index (χ0v) is 10.1. The highest BCUT2D eigenvalue weighted by molar-refractivity contribution is 7.99. The number of nitrogens with zero attached hydrogens (tertiary/aromatic N) is 1. The zero-order valence-electron chi connectivity index (χ0n) is 9.24. The molecule has 1 rings (SSSR count). The first kappa shape index (κ1) is 12.6. The lowest BCUT2D eigenvalue weighted by atomic mass is 10.2. The zero-order chi connectivity index (χ0) is 11.1. The van der Waals surface area contributed by atoms with E-state index < -0.39 is 5.97 Å². The molecule has 0 saturated carbocycles. The normalized spacial score (nSPS) is 19.9. The molecule has 0 spiro atoms. The van der Waals surface area contributed by atoms with Crippen molar-refractivity contribution in [1.29, 1.82) is 0 Å². The van der Waals surface area contributed by atoms with Gasteiger partial charge in [0.1, 0.15) is 0 Å². The fourth-order valence-electron chi connectivity index (χ4n) is 1.60. The Labute approximate surface area is 95.5 Å². The molecule has 1 N–H and O–H groups in total. The lowest BCUT2D eigenvalue weighted by Crippen LogP contribution is -2.26. The number of thioether (sulfide) groups is 1. The summed E-state index contributed by atoms with van der Waals surface area (Å²) in [5.41, 5.74) is 0.534. The molecule has 1 heterocycles. The van der Waals surface area contributed by atoms with Crippen LogP contribution in [0.4, 0.5) is 0 Å². The molecule has 0 aromatic carbocycles. The minimum Gasteiger partial charge on any atom is -0.478 e.